The predicted octanol–water partition coefficient (Wildman–Crippen LogP) is 1.47. The largest absolute Gasteiger partial charge is 0.481 e. The summed E-state index contributed by atoms with van der Waals surface area (Å²) in [5, 5.41) is 8.55. The van der Waals surface area contributed by atoms with Gasteiger partial charge in [0, 0.05) is 12.3 Å². The molecule has 0 aliphatic heterocycles. The van der Waals surface area contributed by atoms with Crippen molar-refractivity contribution in [1.29, 1.82) is 0 Å². The number of hydrogen-bond acceptors (Lipinski definition) is 2. The first-order valence-electron chi connectivity index (χ1n) is 4.40. The van der Waals surface area contributed by atoms with E-state index in [4.69, 9.17) is 5.11 Å². The molecule has 0 aromatic heterocycles. The predicted molar refractivity (Wildman–Crippen MR) is 43.8 cm³/mol. The minimum absolute atomic E-state index is 0.0473. The van der Waals surface area contributed by atoms with E-state index < -0.39 is 5.97 Å². The molecule has 68 valence electrons. The molecule has 0 saturated heterocycles. The van der Waals surface area contributed by atoms with E-state index >= 15 is 0 Å². The molecule has 0 aromatic rings. The summed E-state index contributed by atoms with van der Waals surface area (Å²) in [6.07, 6.45) is 2.60. The topological polar surface area (TPSA) is 54.4 Å². The number of hydrogen-bond donors (Lipinski definition) is 1. The van der Waals surface area contributed by atoms with Crippen LogP contribution in [-0.2, 0) is 9.59 Å². The molecule has 1 rings (SSSR count). The lowest BCUT2D eigenvalue weighted by atomic mass is 9.72. The molecule has 0 amide bonds. The number of carbonyl (C=O) groups is 2. The molecule has 1 N–H and O–H groups in total. The fraction of sp³-hybridized carbons (Fsp3) is 0.778. The van der Waals surface area contributed by atoms with Crippen LogP contribution < -0.4 is 0 Å². The van der Waals surface area contributed by atoms with Crippen molar-refractivity contribution in [3.05, 3.63) is 0 Å². The van der Waals surface area contributed by atoms with Crippen LogP contribution in [-0.4, -0.2) is 16.9 Å². The van der Waals surface area contributed by atoms with Gasteiger partial charge in [-0.15, -0.1) is 0 Å². The molecule has 1 aliphatic carbocycles. The quantitative estimate of drug-likeness (QED) is 0.695. The van der Waals surface area contributed by atoms with Crippen LogP contribution in [0.15, 0.2) is 0 Å². The van der Waals surface area contributed by atoms with E-state index in [-0.39, 0.29) is 17.6 Å². The van der Waals surface area contributed by atoms with Gasteiger partial charge >= 0.3 is 5.97 Å². The third kappa shape index (κ3) is 1.84. The zero-order valence-corrected chi connectivity index (χ0v) is 7.25. The summed E-state index contributed by atoms with van der Waals surface area (Å²) in [4.78, 5) is 21.6. The highest BCUT2D eigenvalue weighted by Crippen LogP contribution is 2.35. The van der Waals surface area contributed by atoms with Gasteiger partial charge in [0.2, 0.25) is 0 Å². The molecule has 0 atom stereocenters. The number of carbonyl (C=O) groups excluding carboxylic acids is 1. The van der Waals surface area contributed by atoms with Crippen molar-refractivity contribution < 1.29 is 14.7 Å². The van der Waals surface area contributed by atoms with E-state index in [1.54, 1.807) is 0 Å². The maximum absolute atomic E-state index is 11.2. The average Bonchev–Trinajstić information content (AvgIpc) is 1.82. The summed E-state index contributed by atoms with van der Waals surface area (Å²) >= 11 is 0. The van der Waals surface area contributed by atoms with Crippen molar-refractivity contribution >= 4 is 11.8 Å². The van der Waals surface area contributed by atoms with Crippen LogP contribution in [0.5, 0.6) is 0 Å². The van der Waals surface area contributed by atoms with Crippen LogP contribution in [0, 0.1) is 11.8 Å². The molecular weight excluding hydrogens is 156 g/mol. The molecule has 0 bridgehead atoms. The average molecular weight is 170 g/mol. The van der Waals surface area contributed by atoms with Gasteiger partial charge in [0.15, 0.2) is 0 Å². The van der Waals surface area contributed by atoms with Crippen molar-refractivity contribution in [2.45, 2.75) is 32.6 Å². The van der Waals surface area contributed by atoms with E-state index in [2.05, 4.69) is 0 Å². The highest BCUT2D eigenvalue weighted by Gasteiger charge is 2.37. The van der Waals surface area contributed by atoms with Gasteiger partial charge in [-0.3, -0.25) is 9.59 Å². The van der Waals surface area contributed by atoms with Gasteiger partial charge < -0.3 is 5.11 Å². The normalized spacial score (nSPS) is 27.8. The van der Waals surface area contributed by atoms with Crippen LogP contribution in [0.3, 0.4) is 0 Å². The Morgan fingerprint density at radius 1 is 1.33 bits per heavy atom. The lowest BCUT2D eigenvalue weighted by Gasteiger charge is -2.30. The van der Waals surface area contributed by atoms with Crippen molar-refractivity contribution in [3.8, 4) is 0 Å². The summed E-state index contributed by atoms with van der Waals surface area (Å²) in [5.41, 5.74) is 0. The van der Waals surface area contributed by atoms with Gasteiger partial charge in [0.1, 0.15) is 5.78 Å². The third-order valence-corrected chi connectivity index (χ3v) is 2.44. The molecular formula is C9H14O3. The fourth-order valence-electron chi connectivity index (χ4n) is 1.53. The SMILES string of the molecule is CCCC(=O)C1CC(C(=O)O)C1. The monoisotopic (exact) mass is 170 g/mol. The van der Waals surface area contributed by atoms with E-state index in [1.165, 1.54) is 0 Å². The zero-order chi connectivity index (χ0) is 9.14. The second kappa shape index (κ2) is 3.70. The Labute approximate surface area is 71.8 Å². The van der Waals surface area contributed by atoms with E-state index in [0.717, 1.165) is 6.42 Å². The van der Waals surface area contributed by atoms with E-state index in [0.29, 0.717) is 19.3 Å². The van der Waals surface area contributed by atoms with Gasteiger partial charge in [-0.1, -0.05) is 6.92 Å². The number of Topliss-reactive ketones (excluding diaryl/α,β-unsaturated/α-hetero) is 1. The molecule has 0 unspecified atom stereocenters. The summed E-state index contributed by atoms with van der Waals surface area (Å²) < 4.78 is 0. The lowest BCUT2D eigenvalue weighted by molar-refractivity contribution is -0.148. The molecule has 1 fully saturated rings. The zero-order valence-electron chi connectivity index (χ0n) is 7.25. The maximum Gasteiger partial charge on any atom is 0.306 e. The Morgan fingerprint density at radius 2 is 1.92 bits per heavy atom. The van der Waals surface area contributed by atoms with Crippen LogP contribution in [0.25, 0.3) is 0 Å². The van der Waals surface area contributed by atoms with E-state index in [1.807, 2.05) is 6.92 Å². The van der Waals surface area contributed by atoms with Crippen LogP contribution in [0.4, 0.5) is 0 Å². The van der Waals surface area contributed by atoms with Crippen molar-refractivity contribution in [3.63, 3.8) is 0 Å². The van der Waals surface area contributed by atoms with Crippen molar-refractivity contribution in [2.75, 3.05) is 0 Å². The van der Waals surface area contributed by atoms with E-state index in [9.17, 15) is 9.59 Å². The number of aliphatic carboxylic acids is 1. The second-order valence-electron chi connectivity index (χ2n) is 3.42. The first kappa shape index (κ1) is 9.23. The summed E-state index contributed by atoms with van der Waals surface area (Å²) in [6, 6.07) is 0. The highest BCUT2D eigenvalue weighted by molar-refractivity contribution is 5.84. The van der Waals surface area contributed by atoms with Crippen LogP contribution >= 0.6 is 0 Å². The molecule has 0 radical (unpaired) electrons. The van der Waals surface area contributed by atoms with Gasteiger partial charge in [-0.25, -0.2) is 0 Å². The smallest absolute Gasteiger partial charge is 0.306 e. The number of carboxylic acids is 1. The number of ketones is 1. The summed E-state index contributed by atoms with van der Waals surface area (Å²) in [5.74, 6) is -0.715. The second-order valence-corrected chi connectivity index (χ2v) is 3.42. The first-order chi connectivity index (χ1) is 5.65. The van der Waals surface area contributed by atoms with Crippen molar-refractivity contribution in [1.82, 2.24) is 0 Å². The van der Waals surface area contributed by atoms with Gasteiger partial charge in [0.25, 0.3) is 0 Å². The summed E-state index contributed by atoms with van der Waals surface area (Å²) in [6.45, 7) is 1.96. The van der Waals surface area contributed by atoms with Gasteiger partial charge in [0.05, 0.1) is 5.92 Å². The fourth-order valence-corrected chi connectivity index (χ4v) is 1.53. The molecule has 1 aliphatic rings. The van der Waals surface area contributed by atoms with Crippen LogP contribution in [0.2, 0.25) is 0 Å². The lowest BCUT2D eigenvalue weighted by Crippen LogP contribution is -2.35. The molecule has 3 nitrogen and oxygen atoms in total. The Hall–Kier alpha value is -0.860. The number of carboxylic acid groups (broad SMARTS) is 1. The Balaban J connectivity index is 2.25. The van der Waals surface area contributed by atoms with Crippen LogP contribution in [0.1, 0.15) is 32.6 Å². The minimum atomic E-state index is -0.754. The molecule has 0 aromatic carbocycles. The highest BCUT2D eigenvalue weighted by atomic mass is 16.4. The molecule has 12 heavy (non-hydrogen) atoms. The first-order valence-corrected chi connectivity index (χ1v) is 4.40. The van der Waals surface area contributed by atoms with Gasteiger partial charge in [-0.05, 0) is 19.3 Å². The van der Waals surface area contributed by atoms with Crippen molar-refractivity contribution in [2.24, 2.45) is 11.8 Å². The molecule has 0 spiro atoms. The maximum atomic E-state index is 11.2. The Morgan fingerprint density at radius 3 is 2.33 bits per heavy atom. The standard InChI is InChI=1S/C9H14O3/c1-2-3-8(10)6-4-7(5-6)9(11)12/h6-7H,2-5H2,1H3,(H,11,12). The molecule has 0 heterocycles. The third-order valence-electron chi connectivity index (χ3n) is 2.44. The Kier molecular flexibility index (Phi) is 2.84. The summed E-state index contributed by atoms with van der Waals surface area (Å²) in [7, 11) is 0. The number of rotatable bonds is 4. The molecule has 3 heteroatoms. The Bertz CT molecular complexity index is 192. The molecule has 1 saturated carbocycles. The minimum Gasteiger partial charge on any atom is -0.481 e. The van der Waals surface area contributed by atoms with Gasteiger partial charge in [-0.2, -0.15) is 0 Å².